The predicted octanol–water partition coefficient (Wildman–Crippen LogP) is 0.918. The van der Waals surface area contributed by atoms with E-state index in [1.54, 1.807) is 12.5 Å². The number of nitrogens with zero attached hydrogens (tertiary/aromatic N) is 2. The van der Waals surface area contributed by atoms with Crippen molar-refractivity contribution in [1.82, 2.24) is 15.3 Å². The lowest BCUT2D eigenvalue weighted by Gasteiger charge is -2.30. The molecule has 1 atom stereocenters. The molecule has 1 fully saturated rings. The number of hydrogen-bond acceptors (Lipinski definition) is 4. The minimum atomic E-state index is -0.189. The molecule has 0 aliphatic carbocycles. The number of likely N-dealkylation sites (tertiary alicyclic amines) is 1. The van der Waals surface area contributed by atoms with Gasteiger partial charge in [-0.1, -0.05) is 0 Å². The Labute approximate surface area is 135 Å². The van der Waals surface area contributed by atoms with E-state index >= 15 is 0 Å². The zero-order valence-corrected chi connectivity index (χ0v) is 13.4. The Morgan fingerprint density at radius 1 is 1.30 bits per heavy atom. The highest BCUT2D eigenvalue weighted by Gasteiger charge is 2.28. The van der Waals surface area contributed by atoms with E-state index in [0.717, 1.165) is 24.5 Å². The van der Waals surface area contributed by atoms with Crippen LogP contribution in [0.1, 0.15) is 47.2 Å². The van der Waals surface area contributed by atoms with Gasteiger partial charge in [-0.3, -0.25) is 9.78 Å². The van der Waals surface area contributed by atoms with Gasteiger partial charge in [0.1, 0.15) is 5.69 Å². The molecule has 6 nitrogen and oxygen atoms in total. The van der Waals surface area contributed by atoms with Gasteiger partial charge in [0.25, 0.3) is 5.91 Å². The maximum Gasteiger partial charge on any atom is 0.271 e. The number of quaternary nitrogens is 1. The molecule has 0 bridgehead atoms. The van der Waals surface area contributed by atoms with Gasteiger partial charge >= 0.3 is 0 Å². The van der Waals surface area contributed by atoms with E-state index in [9.17, 15) is 4.79 Å². The molecule has 1 aliphatic rings. The molecule has 2 aromatic rings. The Hall–Kier alpha value is -2.21. The number of amides is 1. The maximum absolute atomic E-state index is 12.3. The molecule has 0 unspecified atom stereocenters. The van der Waals surface area contributed by atoms with E-state index in [1.165, 1.54) is 30.4 Å². The average molecular weight is 315 g/mol. The Kier molecular flexibility index (Phi) is 5.02. The lowest BCUT2D eigenvalue weighted by Crippen LogP contribution is -3.13. The Balaban J connectivity index is 1.66. The van der Waals surface area contributed by atoms with Crippen LogP contribution in [-0.2, 0) is 0 Å². The van der Waals surface area contributed by atoms with Crippen molar-refractivity contribution < 1.29 is 14.1 Å². The fourth-order valence-corrected chi connectivity index (χ4v) is 3.09. The third-order valence-electron chi connectivity index (χ3n) is 4.36. The number of aryl methyl sites for hydroxylation is 1. The van der Waals surface area contributed by atoms with E-state index in [4.69, 9.17) is 4.42 Å². The second kappa shape index (κ2) is 7.37. The standard InChI is InChI=1S/C17H22N4O2/c1-13-10-19-14(11-18-13)17(22)20-12-15(16-6-5-9-23-16)21-7-3-2-4-8-21/h5-6,9-11,15H,2-4,7-8,12H2,1H3,(H,20,22)/p+1/t15-/m0/s1. The van der Waals surface area contributed by atoms with E-state index in [-0.39, 0.29) is 11.9 Å². The zero-order chi connectivity index (χ0) is 16.1. The van der Waals surface area contributed by atoms with Crippen LogP contribution in [0.2, 0.25) is 0 Å². The van der Waals surface area contributed by atoms with Crippen molar-refractivity contribution in [2.24, 2.45) is 0 Å². The molecule has 6 heteroatoms. The molecule has 0 aromatic carbocycles. The van der Waals surface area contributed by atoms with Crippen LogP contribution in [-0.4, -0.2) is 35.5 Å². The summed E-state index contributed by atoms with van der Waals surface area (Å²) in [5, 5.41) is 2.98. The van der Waals surface area contributed by atoms with Gasteiger partial charge in [0.2, 0.25) is 0 Å². The molecule has 1 amide bonds. The van der Waals surface area contributed by atoms with Gasteiger partial charge in [-0.05, 0) is 38.3 Å². The number of carbonyl (C=O) groups is 1. The van der Waals surface area contributed by atoms with Crippen molar-refractivity contribution in [2.45, 2.75) is 32.2 Å². The molecule has 0 saturated carbocycles. The third kappa shape index (κ3) is 3.96. The van der Waals surface area contributed by atoms with Crippen LogP contribution in [0.3, 0.4) is 0 Å². The molecule has 122 valence electrons. The summed E-state index contributed by atoms with van der Waals surface area (Å²) in [7, 11) is 0. The van der Waals surface area contributed by atoms with Gasteiger partial charge < -0.3 is 14.6 Å². The smallest absolute Gasteiger partial charge is 0.271 e. The van der Waals surface area contributed by atoms with Gasteiger partial charge in [-0.2, -0.15) is 0 Å². The van der Waals surface area contributed by atoms with Crippen LogP contribution >= 0.6 is 0 Å². The van der Waals surface area contributed by atoms with Crippen molar-refractivity contribution in [3.63, 3.8) is 0 Å². The fraction of sp³-hybridized carbons (Fsp3) is 0.471. The first-order valence-corrected chi connectivity index (χ1v) is 8.19. The average Bonchev–Trinajstić information content (AvgIpc) is 3.11. The molecule has 2 N–H and O–H groups in total. The van der Waals surface area contributed by atoms with E-state index < -0.39 is 0 Å². The number of rotatable bonds is 5. The van der Waals surface area contributed by atoms with Gasteiger partial charge in [-0.15, -0.1) is 0 Å². The number of carbonyl (C=O) groups excluding carboxylic acids is 1. The van der Waals surface area contributed by atoms with Crippen molar-refractivity contribution >= 4 is 5.91 Å². The van der Waals surface area contributed by atoms with Gasteiger partial charge in [0.15, 0.2) is 11.8 Å². The van der Waals surface area contributed by atoms with E-state index in [0.29, 0.717) is 12.2 Å². The molecule has 1 aliphatic heterocycles. The number of hydrogen-bond donors (Lipinski definition) is 2. The van der Waals surface area contributed by atoms with Crippen LogP contribution in [0.15, 0.2) is 35.2 Å². The van der Waals surface area contributed by atoms with Crippen LogP contribution < -0.4 is 10.2 Å². The number of nitrogens with one attached hydrogen (secondary N) is 2. The molecular formula is C17H23N4O2+. The largest absolute Gasteiger partial charge is 0.463 e. The molecule has 1 saturated heterocycles. The van der Waals surface area contributed by atoms with Crippen molar-refractivity contribution in [3.8, 4) is 0 Å². The molecular weight excluding hydrogens is 292 g/mol. The molecule has 2 aromatic heterocycles. The highest BCUT2D eigenvalue weighted by atomic mass is 16.3. The summed E-state index contributed by atoms with van der Waals surface area (Å²) in [5.41, 5.74) is 1.15. The van der Waals surface area contributed by atoms with Crippen LogP contribution in [0.25, 0.3) is 0 Å². The first-order chi connectivity index (χ1) is 11.2. The molecule has 0 spiro atoms. The Bertz CT molecular complexity index is 619. The minimum absolute atomic E-state index is 0.146. The Morgan fingerprint density at radius 2 is 2.13 bits per heavy atom. The van der Waals surface area contributed by atoms with Crippen molar-refractivity contribution in [2.75, 3.05) is 19.6 Å². The summed E-state index contributed by atoms with van der Waals surface area (Å²) in [6.07, 6.45) is 8.56. The Morgan fingerprint density at radius 3 is 2.78 bits per heavy atom. The lowest BCUT2D eigenvalue weighted by atomic mass is 10.1. The third-order valence-corrected chi connectivity index (χ3v) is 4.36. The zero-order valence-electron chi connectivity index (χ0n) is 13.4. The van der Waals surface area contributed by atoms with Crippen LogP contribution in [0.5, 0.6) is 0 Å². The minimum Gasteiger partial charge on any atom is -0.463 e. The van der Waals surface area contributed by atoms with Gasteiger partial charge in [0.05, 0.1) is 37.8 Å². The molecule has 3 heterocycles. The van der Waals surface area contributed by atoms with E-state index in [2.05, 4.69) is 15.3 Å². The molecule has 0 radical (unpaired) electrons. The highest BCUT2D eigenvalue weighted by molar-refractivity contribution is 5.91. The van der Waals surface area contributed by atoms with Gasteiger partial charge in [0, 0.05) is 6.20 Å². The first-order valence-electron chi connectivity index (χ1n) is 8.19. The lowest BCUT2D eigenvalue weighted by molar-refractivity contribution is -0.936. The summed E-state index contributed by atoms with van der Waals surface area (Å²) in [6.45, 7) is 4.62. The monoisotopic (exact) mass is 315 g/mol. The predicted molar refractivity (Wildman–Crippen MR) is 85.1 cm³/mol. The summed E-state index contributed by atoms with van der Waals surface area (Å²) in [5.74, 6) is 0.739. The van der Waals surface area contributed by atoms with Crippen molar-refractivity contribution in [1.29, 1.82) is 0 Å². The summed E-state index contributed by atoms with van der Waals surface area (Å²) in [4.78, 5) is 22.0. The highest BCUT2D eigenvalue weighted by Crippen LogP contribution is 2.11. The number of piperidine rings is 1. The van der Waals surface area contributed by atoms with E-state index in [1.807, 2.05) is 19.1 Å². The first kappa shape index (κ1) is 15.7. The summed E-state index contributed by atoms with van der Waals surface area (Å²) < 4.78 is 5.60. The van der Waals surface area contributed by atoms with Crippen LogP contribution in [0.4, 0.5) is 0 Å². The molecule has 23 heavy (non-hydrogen) atoms. The summed E-state index contributed by atoms with van der Waals surface area (Å²) in [6, 6.07) is 4.04. The van der Waals surface area contributed by atoms with Crippen LogP contribution in [0, 0.1) is 6.92 Å². The normalized spacial score (nSPS) is 16.9. The fourth-order valence-electron chi connectivity index (χ4n) is 3.09. The SMILES string of the molecule is Cc1cnc(C(=O)NC[C@@H](c2ccco2)[NH+]2CCCCC2)cn1. The second-order valence-electron chi connectivity index (χ2n) is 6.04. The molecule has 3 rings (SSSR count). The van der Waals surface area contributed by atoms with Crippen molar-refractivity contribution in [3.05, 3.63) is 47.9 Å². The maximum atomic E-state index is 12.3. The van der Waals surface area contributed by atoms with Gasteiger partial charge in [-0.25, -0.2) is 4.98 Å². The second-order valence-corrected chi connectivity index (χ2v) is 6.04. The summed E-state index contributed by atoms with van der Waals surface area (Å²) >= 11 is 0. The quantitative estimate of drug-likeness (QED) is 0.860. The number of furan rings is 1. The topological polar surface area (TPSA) is 72.5 Å². The number of aromatic nitrogens is 2.